The molecule has 0 amide bonds. The van der Waals surface area contributed by atoms with Gasteiger partial charge in [0.05, 0.1) is 6.61 Å². The fourth-order valence-electron chi connectivity index (χ4n) is 0.999. The van der Waals surface area contributed by atoms with E-state index in [0.29, 0.717) is 5.69 Å². The lowest BCUT2D eigenvalue weighted by Crippen LogP contribution is -1.99. The Labute approximate surface area is 83.5 Å². The molecule has 1 aromatic rings. The summed E-state index contributed by atoms with van der Waals surface area (Å²) in [7, 11) is -3.68. The first kappa shape index (κ1) is 11.2. The van der Waals surface area contributed by atoms with Gasteiger partial charge in [0.2, 0.25) is 0 Å². The minimum Gasteiger partial charge on any atom is -0.308 e. The number of rotatable bonds is 4. The fourth-order valence-corrected chi connectivity index (χ4v) is 1.89. The first-order valence-electron chi connectivity index (χ1n) is 4.36. The summed E-state index contributed by atoms with van der Waals surface area (Å²) in [5.41, 5.74) is 1.68. The molecule has 2 N–H and O–H groups in total. The molecule has 1 aromatic carbocycles. The zero-order valence-corrected chi connectivity index (χ0v) is 9.12. The molecule has 14 heavy (non-hydrogen) atoms. The number of nitrogens with one attached hydrogen (secondary N) is 1. The van der Waals surface area contributed by atoms with Gasteiger partial charge in [0.25, 0.3) is 0 Å². The molecule has 0 radical (unpaired) electrons. The van der Waals surface area contributed by atoms with Gasteiger partial charge in [-0.05, 0) is 26.0 Å². The van der Waals surface area contributed by atoms with Crippen molar-refractivity contribution in [1.29, 1.82) is 0 Å². The van der Waals surface area contributed by atoms with Crippen LogP contribution < -0.4 is 5.09 Å². The van der Waals surface area contributed by atoms with Gasteiger partial charge in [0.15, 0.2) is 0 Å². The maximum absolute atomic E-state index is 11.3. The highest BCUT2D eigenvalue weighted by atomic mass is 31.2. The standard InChI is InChI=1S/C9H14NO3P/c1-3-13-14(11,12)10-9-6-4-8(2)5-7-9/h4-7H,3H2,1-2H3,(H2,10,11,12). The van der Waals surface area contributed by atoms with E-state index in [2.05, 4.69) is 9.61 Å². The third kappa shape index (κ3) is 3.50. The van der Waals surface area contributed by atoms with Gasteiger partial charge < -0.3 is 4.89 Å². The van der Waals surface area contributed by atoms with Crippen LogP contribution in [0.4, 0.5) is 5.69 Å². The van der Waals surface area contributed by atoms with Crippen molar-refractivity contribution >= 4 is 13.4 Å². The minimum absolute atomic E-state index is 0.201. The lowest BCUT2D eigenvalue weighted by molar-refractivity contribution is 0.279. The molecule has 0 spiro atoms. The van der Waals surface area contributed by atoms with E-state index in [4.69, 9.17) is 0 Å². The molecule has 0 aromatic heterocycles. The summed E-state index contributed by atoms with van der Waals surface area (Å²) >= 11 is 0. The fraction of sp³-hybridized carbons (Fsp3) is 0.333. The summed E-state index contributed by atoms with van der Waals surface area (Å²) in [6.07, 6.45) is 0. The van der Waals surface area contributed by atoms with Gasteiger partial charge in [-0.25, -0.2) is 4.57 Å². The minimum atomic E-state index is -3.68. The van der Waals surface area contributed by atoms with Crippen molar-refractivity contribution < 1.29 is 14.0 Å². The van der Waals surface area contributed by atoms with Crippen LogP contribution in [0.5, 0.6) is 0 Å². The molecule has 0 bridgehead atoms. The van der Waals surface area contributed by atoms with Crippen molar-refractivity contribution in [1.82, 2.24) is 0 Å². The average molecular weight is 215 g/mol. The lowest BCUT2D eigenvalue weighted by atomic mass is 10.2. The van der Waals surface area contributed by atoms with Gasteiger partial charge >= 0.3 is 7.75 Å². The average Bonchev–Trinajstić information content (AvgIpc) is 2.08. The molecule has 1 unspecified atom stereocenters. The second-order valence-corrected chi connectivity index (χ2v) is 4.44. The highest BCUT2D eigenvalue weighted by Crippen LogP contribution is 2.41. The molecular formula is C9H14NO3P. The highest BCUT2D eigenvalue weighted by Gasteiger charge is 2.17. The molecule has 0 fully saturated rings. The summed E-state index contributed by atoms with van der Waals surface area (Å²) in [6, 6.07) is 7.18. The third-order valence-electron chi connectivity index (χ3n) is 1.63. The molecule has 1 rings (SSSR count). The van der Waals surface area contributed by atoms with Crippen LogP contribution in [-0.2, 0) is 9.09 Å². The van der Waals surface area contributed by atoms with E-state index < -0.39 is 7.75 Å². The van der Waals surface area contributed by atoms with Gasteiger partial charge in [0, 0.05) is 5.69 Å². The number of hydrogen-bond acceptors (Lipinski definition) is 2. The van der Waals surface area contributed by atoms with Crippen LogP contribution in [0, 0.1) is 6.92 Å². The Morgan fingerprint density at radius 1 is 1.43 bits per heavy atom. The molecule has 0 saturated carbocycles. The Balaban J connectivity index is 2.69. The molecule has 5 heteroatoms. The third-order valence-corrected chi connectivity index (χ3v) is 2.77. The Bertz CT molecular complexity index is 336. The van der Waals surface area contributed by atoms with Crippen LogP contribution in [0.1, 0.15) is 12.5 Å². The largest absolute Gasteiger partial charge is 0.430 e. The van der Waals surface area contributed by atoms with E-state index in [1.54, 1.807) is 19.1 Å². The maximum Gasteiger partial charge on any atom is 0.430 e. The smallest absolute Gasteiger partial charge is 0.308 e. The van der Waals surface area contributed by atoms with Crippen molar-refractivity contribution in [3.05, 3.63) is 29.8 Å². The molecule has 0 aliphatic heterocycles. The monoisotopic (exact) mass is 215 g/mol. The molecular weight excluding hydrogens is 201 g/mol. The topological polar surface area (TPSA) is 58.6 Å². The van der Waals surface area contributed by atoms with Gasteiger partial charge in [-0.3, -0.25) is 9.61 Å². The van der Waals surface area contributed by atoms with Gasteiger partial charge in [0.1, 0.15) is 0 Å². The van der Waals surface area contributed by atoms with Crippen molar-refractivity contribution in [3.63, 3.8) is 0 Å². The molecule has 78 valence electrons. The van der Waals surface area contributed by atoms with Crippen LogP contribution in [0.3, 0.4) is 0 Å². The number of hydrogen-bond donors (Lipinski definition) is 2. The van der Waals surface area contributed by atoms with Crippen molar-refractivity contribution in [2.24, 2.45) is 0 Å². The quantitative estimate of drug-likeness (QED) is 0.758. The summed E-state index contributed by atoms with van der Waals surface area (Å²) in [6.45, 7) is 3.82. The van der Waals surface area contributed by atoms with E-state index in [1.165, 1.54) is 0 Å². The van der Waals surface area contributed by atoms with Crippen LogP contribution in [-0.4, -0.2) is 11.5 Å². The summed E-state index contributed by atoms with van der Waals surface area (Å²) in [5.74, 6) is 0. The molecule has 4 nitrogen and oxygen atoms in total. The predicted octanol–water partition coefficient (Wildman–Crippen LogP) is 2.54. The Kier molecular flexibility index (Phi) is 3.69. The Hall–Kier alpha value is -0.830. The van der Waals surface area contributed by atoms with E-state index >= 15 is 0 Å². The van der Waals surface area contributed by atoms with E-state index in [0.717, 1.165) is 5.56 Å². The first-order valence-corrected chi connectivity index (χ1v) is 5.93. The molecule has 0 saturated heterocycles. The molecule has 0 aliphatic carbocycles. The molecule has 0 heterocycles. The Morgan fingerprint density at radius 2 is 2.00 bits per heavy atom. The second kappa shape index (κ2) is 4.60. The van der Waals surface area contributed by atoms with Gasteiger partial charge in [-0.1, -0.05) is 17.7 Å². The van der Waals surface area contributed by atoms with Crippen LogP contribution >= 0.6 is 7.75 Å². The van der Waals surface area contributed by atoms with E-state index in [-0.39, 0.29) is 6.61 Å². The lowest BCUT2D eigenvalue weighted by Gasteiger charge is -2.12. The van der Waals surface area contributed by atoms with E-state index in [9.17, 15) is 9.46 Å². The summed E-state index contributed by atoms with van der Waals surface area (Å²) in [4.78, 5) is 9.26. The first-order chi connectivity index (χ1) is 6.53. The Morgan fingerprint density at radius 3 is 2.50 bits per heavy atom. The van der Waals surface area contributed by atoms with Crippen LogP contribution in [0.15, 0.2) is 24.3 Å². The zero-order chi connectivity index (χ0) is 10.6. The van der Waals surface area contributed by atoms with Crippen molar-refractivity contribution in [2.75, 3.05) is 11.7 Å². The van der Waals surface area contributed by atoms with E-state index in [1.807, 2.05) is 19.1 Å². The van der Waals surface area contributed by atoms with Gasteiger partial charge in [-0.2, -0.15) is 0 Å². The maximum atomic E-state index is 11.3. The van der Waals surface area contributed by atoms with Crippen molar-refractivity contribution in [2.45, 2.75) is 13.8 Å². The molecule has 1 atom stereocenters. The second-order valence-electron chi connectivity index (χ2n) is 2.92. The van der Waals surface area contributed by atoms with Gasteiger partial charge in [-0.15, -0.1) is 0 Å². The highest BCUT2D eigenvalue weighted by molar-refractivity contribution is 7.54. The zero-order valence-electron chi connectivity index (χ0n) is 8.23. The number of aryl methyl sites for hydroxylation is 1. The normalized spacial score (nSPS) is 14.8. The predicted molar refractivity (Wildman–Crippen MR) is 56.3 cm³/mol. The SMILES string of the molecule is CCOP(=O)(O)Nc1ccc(C)cc1. The van der Waals surface area contributed by atoms with Crippen LogP contribution in [0.25, 0.3) is 0 Å². The number of anilines is 1. The van der Waals surface area contributed by atoms with Crippen LogP contribution in [0.2, 0.25) is 0 Å². The summed E-state index contributed by atoms with van der Waals surface area (Å²) < 4.78 is 16.0. The number of benzene rings is 1. The van der Waals surface area contributed by atoms with Crippen molar-refractivity contribution in [3.8, 4) is 0 Å². The molecule has 0 aliphatic rings. The summed E-state index contributed by atoms with van der Waals surface area (Å²) in [5, 5.41) is 2.44.